The number of hydrogen-bond donors (Lipinski definition) is 1. The summed E-state index contributed by atoms with van der Waals surface area (Å²) < 4.78 is 28.4. The highest BCUT2D eigenvalue weighted by Crippen LogP contribution is 2.23. The summed E-state index contributed by atoms with van der Waals surface area (Å²) in [5.41, 5.74) is 0.323. The summed E-state index contributed by atoms with van der Waals surface area (Å²) >= 11 is 5.77. The smallest absolute Gasteiger partial charge is 0.347 e. The molecule has 24 heavy (non-hydrogen) atoms. The van der Waals surface area contributed by atoms with Gasteiger partial charge in [-0.1, -0.05) is 23.3 Å². The van der Waals surface area contributed by atoms with E-state index >= 15 is 0 Å². The molecule has 0 fully saturated rings. The Morgan fingerprint density at radius 3 is 2.46 bits per heavy atom. The molecule has 0 amide bonds. The second kappa shape index (κ2) is 6.93. The van der Waals surface area contributed by atoms with Crippen molar-refractivity contribution in [3.8, 4) is 5.69 Å². The Labute approximate surface area is 140 Å². The molecular weight excluding hydrogens is 364 g/mol. The molecule has 1 N–H and O–H groups in total. The first-order chi connectivity index (χ1) is 11.2. The van der Waals surface area contributed by atoms with Crippen LogP contribution in [0, 0.1) is 0 Å². The number of ether oxygens (including phenoxy) is 1. The van der Waals surface area contributed by atoms with Crippen LogP contribution in [0.3, 0.4) is 0 Å². The highest BCUT2D eigenvalue weighted by atomic mass is 35.5. The maximum atomic E-state index is 12.6. The van der Waals surface area contributed by atoms with Gasteiger partial charge in [0.05, 0.1) is 5.69 Å². The van der Waals surface area contributed by atoms with Crippen LogP contribution in [-0.4, -0.2) is 56.5 Å². The lowest BCUT2D eigenvalue weighted by atomic mass is 10.3. The summed E-state index contributed by atoms with van der Waals surface area (Å²) in [6.45, 7) is 0.931. The molecule has 2 rings (SSSR count). The van der Waals surface area contributed by atoms with E-state index < -0.39 is 37.7 Å². The minimum Gasteiger partial charge on any atom is -0.478 e. The molecule has 0 saturated heterocycles. The SMILES string of the molecule is CC(=O)OC(C(=O)O)C(Cl)S(=O)(=O)c1nnnn1-c1ccccc1. The molecule has 0 spiro atoms. The number of aromatic nitrogens is 4. The highest BCUT2D eigenvalue weighted by molar-refractivity contribution is 7.93. The number of para-hydroxylation sites is 1. The van der Waals surface area contributed by atoms with Gasteiger partial charge in [0, 0.05) is 6.92 Å². The number of carbonyl (C=O) groups is 2. The molecule has 1 aromatic carbocycles. The van der Waals surface area contributed by atoms with Crippen LogP contribution in [0.25, 0.3) is 5.69 Å². The number of esters is 1. The van der Waals surface area contributed by atoms with Gasteiger partial charge >= 0.3 is 11.9 Å². The molecule has 0 aliphatic carbocycles. The van der Waals surface area contributed by atoms with Crippen LogP contribution in [0.15, 0.2) is 35.5 Å². The molecule has 2 aromatic rings. The second-order valence-electron chi connectivity index (χ2n) is 4.47. The van der Waals surface area contributed by atoms with Crippen LogP contribution in [-0.2, 0) is 24.2 Å². The fraction of sp³-hybridized carbons (Fsp3) is 0.250. The van der Waals surface area contributed by atoms with Crippen LogP contribution in [0.5, 0.6) is 0 Å². The van der Waals surface area contributed by atoms with Gasteiger partial charge in [-0.15, -0.1) is 11.6 Å². The Balaban J connectivity index is 2.46. The molecule has 0 bridgehead atoms. The fourth-order valence-electron chi connectivity index (χ4n) is 1.75. The number of alkyl halides is 1. The Kier molecular flexibility index (Phi) is 5.14. The summed E-state index contributed by atoms with van der Waals surface area (Å²) in [7, 11) is -4.53. The minimum atomic E-state index is -4.53. The van der Waals surface area contributed by atoms with E-state index in [0.717, 1.165) is 11.6 Å². The maximum Gasteiger partial charge on any atom is 0.347 e. The van der Waals surface area contributed by atoms with E-state index in [-0.39, 0.29) is 0 Å². The lowest BCUT2D eigenvalue weighted by Crippen LogP contribution is -2.40. The zero-order valence-electron chi connectivity index (χ0n) is 12.1. The molecule has 0 radical (unpaired) electrons. The van der Waals surface area contributed by atoms with Crippen molar-refractivity contribution in [1.82, 2.24) is 20.2 Å². The summed E-state index contributed by atoms with van der Waals surface area (Å²) in [6.07, 6.45) is -2.12. The third kappa shape index (κ3) is 3.51. The molecule has 2 unspecified atom stereocenters. The van der Waals surface area contributed by atoms with E-state index in [9.17, 15) is 18.0 Å². The van der Waals surface area contributed by atoms with Crippen molar-refractivity contribution in [2.24, 2.45) is 0 Å². The second-order valence-corrected chi connectivity index (χ2v) is 7.17. The van der Waals surface area contributed by atoms with Gasteiger partial charge in [-0.2, -0.15) is 4.68 Å². The van der Waals surface area contributed by atoms with Gasteiger partial charge in [0.15, 0.2) is 4.71 Å². The monoisotopic (exact) mass is 374 g/mol. The van der Waals surface area contributed by atoms with Crippen molar-refractivity contribution in [3.05, 3.63) is 30.3 Å². The van der Waals surface area contributed by atoms with Crippen molar-refractivity contribution in [3.63, 3.8) is 0 Å². The van der Waals surface area contributed by atoms with Crippen LogP contribution in [0.2, 0.25) is 0 Å². The number of halogens is 1. The molecular formula is C12H11ClN4O6S. The first-order valence-corrected chi connectivity index (χ1v) is 8.35. The number of tetrazole rings is 1. The summed E-state index contributed by atoms with van der Waals surface area (Å²) in [5.74, 6) is -2.71. The van der Waals surface area contributed by atoms with E-state index in [4.69, 9.17) is 16.7 Å². The van der Waals surface area contributed by atoms with Crippen LogP contribution in [0.4, 0.5) is 0 Å². The number of nitrogens with zero attached hydrogens (tertiary/aromatic N) is 4. The third-order valence-electron chi connectivity index (χ3n) is 2.77. The maximum absolute atomic E-state index is 12.6. The zero-order valence-corrected chi connectivity index (χ0v) is 13.7. The van der Waals surface area contributed by atoms with E-state index in [1.54, 1.807) is 30.3 Å². The van der Waals surface area contributed by atoms with Gasteiger partial charge in [-0.3, -0.25) is 4.79 Å². The van der Waals surface area contributed by atoms with Crippen molar-refractivity contribution < 1.29 is 27.9 Å². The summed E-state index contributed by atoms with van der Waals surface area (Å²) in [4.78, 5) is 22.1. The van der Waals surface area contributed by atoms with Crippen molar-refractivity contribution in [2.75, 3.05) is 0 Å². The van der Waals surface area contributed by atoms with Gasteiger partial charge in [0.1, 0.15) is 0 Å². The quantitative estimate of drug-likeness (QED) is 0.546. The largest absolute Gasteiger partial charge is 0.478 e. The summed E-state index contributed by atoms with van der Waals surface area (Å²) in [5, 5.41) is 18.6. The van der Waals surface area contributed by atoms with Crippen molar-refractivity contribution in [1.29, 1.82) is 0 Å². The highest BCUT2D eigenvalue weighted by Gasteiger charge is 2.43. The Bertz CT molecular complexity index is 853. The number of aliphatic carboxylic acids is 1. The molecule has 0 aliphatic heterocycles. The lowest BCUT2D eigenvalue weighted by Gasteiger charge is -2.17. The molecule has 2 atom stereocenters. The molecule has 10 nitrogen and oxygen atoms in total. The molecule has 128 valence electrons. The minimum absolute atomic E-state index is 0.323. The average molecular weight is 375 g/mol. The topological polar surface area (TPSA) is 141 Å². The van der Waals surface area contributed by atoms with E-state index in [1.807, 2.05) is 0 Å². The number of carboxylic acid groups (broad SMARTS) is 1. The Hall–Kier alpha value is -2.53. The number of rotatable bonds is 6. The molecule has 0 saturated carbocycles. The van der Waals surface area contributed by atoms with Crippen molar-refractivity contribution in [2.45, 2.75) is 22.9 Å². The lowest BCUT2D eigenvalue weighted by molar-refractivity contribution is -0.161. The number of carboxylic acids is 1. The molecule has 12 heteroatoms. The standard InChI is InChI=1S/C12H11ClN4O6S/c1-7(18)23-9(11(19)20)10(13)24(21,22)12-14-15-16-17(12)8-5-3-2-4-6-8/h2-6,9-10H,1H3,(H,19,20). The first kappa shape index (κ1) is 17.8. The fourth-order valence-corrected chi connectivity index (χ4v) is 3.38. The molecule has 1 heterocycles. The van der Waals surface area contributed by atoms with Gasteiger partial charge in [0.2, 0.25) is 15.9 Å². The van der Waals surface area contributed by atoms with Crippen LogP contribution >= 0.6 is 11.6 Å². The molecule has 0 aliphatic rings. The van der Waals surface area contributed by atoms with E-state index in [0.29, 0.717) is 5.69 Å². The predicted octanol–water partition coefficient (Wildman–Crippen LogP) is 0.0172. The van der Waals surface area contributed by atoms with Crippen LogP contribution < -0.4 is 0 Å². The Morgan fingerprint density at radius 2 is 1.92 bits per heavy atom. The number of sulfone groups is 1. The normalized spacial score (nSPS) is 13.9. The molecule has 1 aromatic heterocycles. The van der Waals surface area contributed by atoms with Crippen LogP contribution in [0.1, 0.15) is 6.92 Å². The zero-order chi connectivity index (χ0) is 17.9. The number of hydrogen-bond acceptors (Lipinski definition) is 8. The van der Waals surface area contributed by atoms with E-state index in [2.05, 4.69) is 20.3 Å². The van der Waals surface area contributed by atoms with Gasteiger partial charge in [-0.05, 0) is 22.6 Å². The predicted molar refractivity (Wildman–Crippen MR) is 79.2 cm³/mol. The van der Waals surface area contributed by atoms with Gasteiger partial charge in [-0.25, -0.2) is 13.2 Å². The third-order valence-corrected chi connectivity index (χ3v) is 5.30. The van der Waals surface area contributed by atoms with Gasteiger partial charge in [0.25, 0.3) is 5.16 Å². The number of carbonyl (C=O) groups excluding carboxylic acids is 1. The average Bonchev–Trinajstić information content (AvgIpc) is 3.02. The van der Waals surface area contributed by atoms with Gasteiger partial charge < -0.3 is 9.84 Å². The Morgan fingerprint density at radius 1 is 1.29 bits per heavy atom. The number of benzene rings is 1. The van der Waals surface area contributed by atoms with Crippen molar-refractivity contribution >= 4 is 33.4 Å². The van der Waals surface area contributed by atoms with E-state index in [1.165, 1.54) is 0 Å². The summed E-state index contributed by atoms with van der Waals surface area (Å²) in [6, 6.07) is 8.04. The first-order valence-electron chi connectivity index (χ1n) is 6.37.